The number of nitriles is 1. The summed E-state index contributed by atoms with van der Waals surface area (Å²) >= 11 is 5.78. The second-order valence-corrected chi connectivity index (χ2v) is 4.62. The van der Waals surface area contributed by atoms with E-state index in [9.17, 15) is 4.79 Å². The molecule has 2 N–H and O–H groups in total. The number of amides is 1. The zero-order valence-corrected chi connectivity index (χ0v) is 10.5. The quantitative estimate of drug-likeness (QED) is 0.841. The molecule has 0 bridgehead atoms. The van der Waals surface area contributed by atoms with E-state index in [0.717, 1.165) is 12.8 Å². The third kappa shape index (κ3) is 2.71. The summed E-state index contributed by atoms with van der Waals surface area (Å²) in [6, 6.07) is 3.76. The lowest BCUT2D eigenvalue weighted by atomic mass is 10.2. The molecule has 2 rings (SSSR count). The molecular weight excluding hydrogens is 252 g/mol. The van der Waals surface area contributed by atoms with Crippen molar-refractivity contribution < 1.29 is 4.79 Å². The van der Waals surface area contributed by atoms with Crippen LogP contribution in [0.4, 0.5) is 5.69 Å². The second kappa shape index (κ2) is 5.23. The van der Waals surface area contributed by atoms with E-state index in [1.807, 2.05) is 6.07 Å². The molecule has 0 saturated heterocycles. The molecule has 94 valence electrons. The third-order valence-electron chi connectivity index (χ3n) is 2.84. The Morgan fingerprint density at radius 1 is 1.67 bits per heavy atom. The van der Waals surface area contributed by atoms with Gasteiger partial charge in [0.05, 0.1) is 29.9 Å². The Hall–Kier alpha value is -1.80. The van der Waals surface area contributed by atoms with Crippen LogP contribution in [0.25, 0.3) is 0 Å². The molecule has 0 radical (unpaired) electrons. The van der Waals surface area contributed by atoms with Crippen LogP contribution < -0.4 is 5.73 Å². The first-order valence-corrected chi connectivity index (χ1v) is 6.10. The van der Waals surface area contributed by atoms with Crippen molar-refractivity contribution in [1.29, 1.82) is 5.26 Å². The first-order chi connectivity index (χ1) is 8.63. The maximum Gasteiger partial charge on any atom is 0.256 e. The first kappa shape index (κ1) is 12.7. The molecule has 18 heavy (non-hydrogen) atoms. The number of nitrogens with two attached hydrogens (primary N) is 1. The predicted octanol–water partition coefficient (Wildman–Crippen LogP) is 1.84. The number of aromatic nitrogens is 1. The summed E-state index contributed by atoms with van der Waals surface area (Å²) in [5.41, 5.74) is 6.42. The number of nitrogens with zero attached hydrogens (tertiary/aromatic N) is 3. The smallest absolute Gasteiger partial charge is 0.256 e. The van der Waals surface area contributed by atoms with Crippen molar-refractivity contribution in [2.75, 3.05) is 12.3 Å². The standard InChI is InChI=1S/C12H13ClN4O/c13-11-6-9(10(15)7-16-11)12(18)17(5-1-4-14)8-2-3-8/h6-8H,1-3,5,15H2. The predicted molar refractivity (Wildman–Crippen MR) is 67.9 cm³/mol. The van der Waals surface area contributed by atoms with Crippen molar-refractivity contribution in [3.05, 3.63) is 23.0 Å². The summed E-state index contributed by atoms with van der Waals surface area (Å²) in [6.07, 6.45) is 3.66. The van der Waals surface area contributed by atoms with Gasteiger partial charge < -0.3 is 10.6 Å². The maximum atomic E-state index is 12.4. The number of halogens is 1. The summed E-state index contributed by atoms with van der Waals surface area (Å²) in [7, 11) is 0. The van der Waals surface area contributed by atoms with Crippen molar-refractivity contribution in [1.82, 2.24) is 9.88 Å². The third-order valence-corrected chi connectivity index (χ3v) is 3.05. The van der Waals surface area contributed by atoms with E-state index in [0.29, 0.717) is 24.2 Å². The summed E-state index contributed by atoms with van der Waals surface area (Å²) in [5.74, 6) is -0.172. The van der Waals surface area contributed by atoms with Crippen molar-refractivity contribution >= 4 is 23.2 Å². The van der Waals surface area contributed by atoms with Crippen LogP contribution in [-0.4, -0.2) is 28.4 Å². The fraction of sp³-hybridized carbons (Fsp3) is 0.417. The summed E-state index contributed by atoms with van der Waals surface area (Å²) in [4.78, 5) is 17.9. The molecule has 0 aromatic carbocycles. The number of rotatable bonds is 4. The molecule has 1 aromatic heterocycles. The van der Waals surface area contributed by atoms with Gasteiger partial charge >= 0.3 is 0 Å². The summed E-state index contributed by atoms with van der Waals surface area (Å²) in [6.45, 7) is 0.430. The monoisotopic (exact) mass is 264 g/mol. The number of hydrogen-bond acceptors (Lipinski definition) is 4. The molecule has 5 nitrogen and oxygen atoms in total. The Balaban J connectivity index is 2.22. The van der Waals surface area contributed by atoms with Crippen molar-refractivity contribution in [3.63, 3.8) is 0 Å². The van der Waals surface area contributed by atoms with Gasteiger partial charge in [-0.3, -0.25) is 4.79 Å². The van der Waals surface area contributed by atoms with Crippen LogP contribution in [-0.2, 0) is 0 Å². The van der Waals surface area contributed by atoms with Gasteiger partial charge in [-0.05, 0) is 18.9 Å². The molecule has 1 fully saturated rings. The molecule has 0 spiro atoms. The minimum atomic E-state index is -0.172. The van der Waals surface area contributed by atoms with Gasteiger partial charge in [0.2, 0.25) is 0 Å². The minimum absolute atomic E-state index is 0.172. The van der Waals surface area contributed by atoms with Gasteiger partial charge in [-0.1, -0.05) is 11.6 Å². The van der Waals surface area contributed by atoms with E-state index in [2.05, 4.69) is 4.98 Å². The van der Waals surface area contributed by atoms with E-state index in [1.54, 1.807) is 4.90 Å². The zero-order valence-electron chi connectivity index (χ0n) is 9.77. The Morgan fingerprint density at radius 3 is 3.00 bits per heavy atom. The van der Waals surface area contributed by atoms with E-state index >= 15 is 0 Å². The summed E-state index contributed by atoms with van der Waals surface area (Å²) in [5, 5.41) is 8.86. The SMILES string of the molecule is N#CCCN(C(=O)c1cc(Cl)ncc1N)C1CC1. The van der Waals surface area contributed by atoms with Crippen LogP contribution >= 0.6 is 11.6 Å². The van der Waals surface area contributed by atoms with E-state index in [1.165, 1.54) is 12.3 Å². The number of hydrogen-bond donors (Lipinski definition) is 1. The fourth-order valence-corrected chi connectivity index (χ4v) is 1.94. The van der Waals surface area contributed by atoms with Gasteiger partial charge in [-0.2, -0.15) is 5.26 Å². The normalized spacial score (nSPS) is 14.0. The molecular formula is C12H13ClN4O. The molecule has 6 heteroatoms. The Morgan fingerprint density at radius 2 is 2.39 bits per heavy atom. The summed E-state index contributed by atoms with van der Waals surface area (Å²) < 4.78 is 0. The number of nitrogen functional groups attached to an aromatic ring is 1. The number of anilines is 1. The van der Waals surface area contributed by atoms with Gasteiger partial charge in [-0.25, -0.2) is 4.98 Å². The molecule has 1 aliphatic carbocycles. The van der Waals surface area contributed by atoms with Gasteiger partial charge in [-0.15, -0.1) is 0 Å². The molecule has 1 aromatic rings. The number of carbonyl (C=O) groups is 1. The molecule has 1 saturated carbocycles. The molecule has 0 atom stereocenters. The van der Waals surface area contributed by atoms with Gasteiger partial charge in [0.1, 0.15) is 5.15 Å². The van der Waals surface area contributed by atoms with Crippen molar-refractivity contribution in [2.45, 2.75) is 25.3 Å². The Bertz CT molecular complexity index is 507. The van der Waals surface area contributed by atoms with Crippen LogP contribution in [0.2, 0.25) is 5.15 Å². The largest absolute Gasteiger partial charge is 0.397 e. The Kier molecular flexibility index (Phi) is 3.68. The van der Waals surface area contributed by atoms with E-state index < -0.39 is 0 Å². The van der Waals surface area contributed by atoms with Crippen LogP contribution in [0.1, 0.15) is 29.6 Å². The van der Waals surface area contributed by atoms with Crippen molar-refractivity contribution in [2.24, 2.45) is 0 Å². The van der Waals surface area contributed by atoms with Crippen LogP contribution in [0.15, 0.2) is 12.3 Å². The first-order valence-electron chi connectivity index (χ1n) is 5.72. The average Bonchev–Trinajstić information content (AvgIpc) is 3.17. The maximum absolute atomic E-state index is 12.4. The lowest BCUT2D eigenvalue weighted by Gasteiger charge is -2.21. The molecule has 0 unspecified atom stereocenters. The van der Waals surface area contributed by atoms with Gasteiger partial charge in [0.25, 0.3) is 5.91 Å². The zero-order chi connectivity index (χ0) is 13.1. The van der Waals surface area contributed by atoms with E-state index in [-0.39, 0.29) is 17.1 Å². The van der Waals surface area contributed by atoms with Gasteiger partial charge in [0.15, 0.2) is 0 Å². The highest BCUT2D eigenvalue weighted by Crippen LogP contribution is 2.29. The highest BCUT2D eigenvalue weighted by molar-refractivity contribution is 6.29. The number of carbonyl (C=O) groups excluding carboxylic acids is 1. The second-order valence-electron chi connectivity index (χ2n) is 4.23. The topological polar surface area (TPSA) is 83.0 Å². The van der Waals surface area contributed by atoms with Crippen molar-refractivity contribution in [3.8, 4) is 6.07 Å². The van der Waals surface area contributed by atoms with Gasteiger partial charge in [0, 0.05) is 12.6 Å². The molecule has 1 amide bonds. The minimum Gasteiger partial charge on any atom is -0.397 e. The molecule has 1 aliphatic rings. The van der Waals surface area contributed by atoms with Crippen LogP contribution in [0, 0.1) is 11.3 Å². The van der Waals surface area contributed by atoms with Crippen LogP contribution in [0.5, 0.6) is 0 Å². The average molecular weight is 265 g/mol. The number of pyridine rings is 1. The Labute approximate surface area is 110 Å². The fourth-order valence-electron chi connectivity index (χ4n) is 1.79. The van der Waals surface area contributed by atoms with E-state index in [4.69, 9.17) is 22.6 Å². The molecule has 1 heterocycles. The highest BCUT2D eigenvalue weighted by Gasteiger charge is 2.33. The lowest BCUT2D eigenvalue weighted by molar-refractivity contribution is 0.0748. The van der Waals surface area contributed by atoms with Crippen LogP contribution in [0.3, 0.4) is 0 Å². The highest BCUT2D eigenvalue weighted by atomic mass is 35.5. The molecule has 0 aliphatic heterocycles. The lowest BCUT2D eigenvalue weighted by Crippen LogP contribution is -2.34.